The van der Waals surface area contributed by atoms with Crippen molar-refractivity contribution in [1.82, 2.24) is 9.97 Å². The van der Waals surface area contributed by atoms with Gasteiger partial charge < -0.3 is 15.2 Å². The highest BCUT2D eigenvalue weighted by Gasteiger charge is 2.09. The molecule has 1 aromatic carbocycles. The Balaban J connectivity index is 2.18. The Morgan fingerprint density at radius 2 is 2.00 bits per heavy atom. The molecule has 0 fully saturated rings. The third-order valence-corrected chi connectivity index (χ3v) is 2.56. The van der Waals surface area contributed by atoms with Gasteiger partial charge in [0.25, 0.3) is 0 Å². The zero-order chi connectivity index (χ0) is 13.8. The summed E-state index contributed by atoms with van der Waals surface area (Å²) in [6, 6.07) is 7.26. The number of benzene rings is 1. The quantitative estimate of drug-likeness (QED) is 0.875. The van der Waals surface area contributed by atoms with Crippen LogP contribution >= 0.6 is 0 Å². The van der Waals surface area contributed by atoms with Crippen molar-refractivity contribution in [2.45, 2.75) is 6.92 Å². The lowest BCUT2D eigenvalue weighted by Crippen LogP contribution is -2.06. The van der Waals surface area contributed by atoms with E-state index in [1.165, 1.54) is 6.20 Å². The molecule has 0 radical (unpaired) electrons. The standard InChI is InChI=1S/C13H13N3O3/c1-8-11(12(17)18)7-14-13(15-8)16-9-3-5-10(19-2)6-4-9/h3-7H,1-2H3,(H,17,18)(H,14,15,16). The van der Waals surface area contributed by atoms with Gasteiger partial charge in [0.05, 0.1) is 18.4 Å². The number of hydrogen-bond acceptors (Lipinski definition) is 5. The first-order valence-corrected chi connectivity index (χ1v) is 5.58. The van der Waals surface area contributed by atoms with Crippen LogP contribution < -0.4 is 10.1 Å². The molecule has 0 amide bonds. The fourth-order valence-electron chi connectivity index (χ4n) is 1.54. The van der Waals surface area contributed by atoms with E-state index in [-0.39, 0.29) is 5.56 Å². The van der Waals surface area contributed by atoms with Crippen molar-refractivity contribution in [3.8, 4) is 5.75 Å². The van der Waals surface area contributed by atoms with Crippen LogP contribution in [0.25, 0.3) is 0 Å². The lowest BCUT2D eigenvalue weighted by molar-refractivity contribution is 0.0695. The van der Waals surface area contributed by atoms with Gasteiger partial charge in [-0.1, -0.05) is 0 Å². The summed E-state index contributed by atoms with van der Waals surface area (Å²) in [5, 5.41) is 11.9. The average molecular weight is 259 g/mol. The number of ether oxygens (including phenoxy) is 1. The maximum absolute atomic E-state index is 10.8. The van der Waals surface area contributed by atoms with E-state index in [4.69, 9.17) is 9.84 Å². The van der Waals surface area contributed by atoms with Crippen LogP contribution in [0.15, 0.2) is 30.5 Å². The van der Waals surface area contributed by atoms with Crippen LogP contribution in [0, 0.1) is 6.92 Å². The Hall–Kier alpha value is -2.63. The van der Waals surface area contributed by atoms with Crippen LogP contribution in [0.3, 0.4) is 0 Å². The van der Waals surface area contributed by atoms with E-state index in [2.05, 4.69) is 15.3 Å². The maximum atomic E-state index is 10.8. The first kappa shape index (κ1) is 12.8. The second-order valence-electron chi connectivity index (χ2n) is 3.85. The Kier molecular flexibility index (Phi) is 3.61. The van der Waals surface area contributed by atoms with Crippen molar-refractivity contribution < 1.29 is 14.6 Å². The monoisotopic (exact) mass is 259 g/mol. The lowest BCUT2D eigenvalue weighted by Gasteiger charge is -2.07. The number of rotatable bonds is 4. The zero-order valence-corrected chi connectivity index (χ0v) is 10.5. The Morgan fingerprint density at radius 1 is 1.32 bits per heavy atom. The third-order valence-electron chi connectivity index (χ3n) is 2.56. The summed E-state index contributed by atoms with van der Waals surface area (Å²) < 4.78 is 5.06. The van der Waals surface area contributed by atoms with Crippen molar-refractivity contribution in [1.29, 1.82) is 0 Å². The van der Waals surface area contributed by atoms with Gasteiger partial charge in [-0.25, -0.2) is 14.8 Å². The molecule has 0 saturated carbocycles. The molecule has 0 aliphatic rings. The molecular weight excluding hydrogens is 246 g/mol. The summed E-state index contributed by atoms with van der Waals surface area (Å²) >= 11 is 0. The summed E-state index contributed by atoms with van der Waals surface area (Å²) in [6.07, 6.45) is 1.29. The van der Waals surface area contributed by atoms with Crippen molar-refractivity contribution in [2.24, 2.45) is 0 Å². The minimum absolute atomic E-state index is 0.0975. The van der Waals surface area contributed by atoms with Gasteiger partial charge in [-0.3, -0.25) is 0 Å². The van der Waals surface area contributed by atoms with E-state index in [0.29, 0.717) is 11.6 Å². The van der Waals surface area contributed by atoms with Crippen LogP contribution in [0.4, 0.5) is 11.6 Å². The van der Waals surface area contributed by atoms with Gasteiger partial charge in [0.2, 0.25) is 5.95 Å². The zero-order valence-electron chi connectivity index (χ0n) is 10.5. The molecule has 2 N–H and O–H groups in total. The van der Waals surface area contributed by atoms with E-state index >= 15 is 0 Å². The van der Waals surface area contributed by atoms with Gasteiger partial charge in [-0.05, 0) is 31.2 Å². The average Bonchev–Trinajstić information content (AvgIpc) is 2.39. The minimum atomic E-state index is -1.03. The van der Waals surface area contributed by atoms with E-state index in [1.807, 2.05) is 12.1 Å². The molecule has 19 heavy (non-hydrogen) atoms. The number of aromatic carboxylic acids is 1. The maximum Gasteiger partial charge on any atom is 0.339 e. The van der Waals surface area contributed by atoms with Gasteiger partial charge in [0.1, 0.15) is 5.75 Å². The summed E-state index contributed by atoms with van der Waals surface area (Å²) in [4.78, 5) is 18.9. The summed E-state index contributed by atoms with van der Waals surface area (Å²) in [7, 11) is 1.60. The second kappa shape index (κ2) is 5.34. The first-order valence-electron chi connectivity index (χ1n) is 5.58. The number of nitrogens with zero attached hydrogens (tertiary/aromatic N) is 2. The molecule has 6 heteroatoms. The number of anilines is 2. The molecule has 0 bridgehead atoms. The van der Waals surface area contributed by atoms with Gasteiger partial charge >= 0.3 is 5.97 Å². The van der Waals surface area contributed by atoms with Crippen LogP contribution in [0.5, 0.6) is 5.75 Å². The number of hydrogen-bond donors (Lipinski definition) is 2. The molecule has 1 aromatic heterocycles. The van der Waals surface area contributed by atoms with E-state index in [0.717, 1.165) is 11.4 Å². The molecule has 0 aliphatic heterocycles. The van der Waals surface area contributed by atoms with E-state index in [9.17, 15) is 4.79 Å². The molecular formula is C13H13N3O3. The molecule has 0 saturated heterocycles. The van der Waals surface area contributed by atoms with Crippen molar-refractivity contribution in [2.75, 3.05) is 12.4 Å². The minimum Gasteiger partial charge on any atom is -0.497 e. The van der Waals surface area contributed by atoms with Crippen LogP contribution in [0.1, 0.15) is 16.1 Å². The molecule has 98 valence electrons. The number of methoxy groups -OCH3 is 1. The highest BCUT2D eigenvalue weighted by atomic mass is 16.5. The Bertz CT molecular complexity index is 597. The summed E-state index contributed by atoms with van der Waals surface area (Å²) in [5.74, 6) is 0.0741. The SMILES string of the molecule is COc1ccc(Nc2ncc(C(=O)O)c(C)n2)cc1. The molecule has 6 nitrogen and oxygen atoms in total. The van der Waals surface area contributed by atoms with Crippen molar-refractivity contribution >= 4 is 17.6 Å². The van der Waals surface area contributed by atoms with E-state index < -0.39 is 5.97 Å². The van der Waals surface area contributed by atoms with Gasteiger partial charge in [-0.15, -0.1) is 0 Å². The normalized spacial score (nSPS) is 10.0. The number of aryl methyl sites for hydroxylation is 1. The number of nitrogens with one attached hydrogen (secondary N) is 1. The number of carbonyl (C=O) groups is 1. The van der Waals surface area contributed by atoms with Crippen LogP contribution in [-0.4, -0.2) is 28.2 Å². The highest BCUT2D eigenvalue weighted by Crippen LogP contribution is 2.18. The van der Waals surface area contributed by atoms with Gasteiger partial charge in [0, 0.05) is 11.9 Å². The van der Waals surface area contributed by atoms with E-state index in [1.54, 1.807) is 26.2 Å². The van der Waals surface area contributed by atoms with Gasteiger partial charge in [-0.2, -0.15) is 0 Å². The highest BCUT2D eigenvalue weighted by molar-refractivity contribution is 5.88. The van der Waals surface area contributed by atoms with Gasteiger partial charge in [0.15, 0.2) is 0 Å². The Labute approximate surface area is 110 Å². The molecule has 0 spiro atoms. The Morgan fingerprint density at radius 3 is 2.53 bits per heavy atom. The molecule has 0 aliphatic carbocycles. The van der Waals surface area contributed by atoms with Crippen LogP contribution in [-0.2, 0) is 0 Å². The number of carboxylic acids is 1. The molecule has 0 atom stereocenters. The number of aromatic nitrogens is 2. The smallest absolute Gasteiger partial charge is 0.339 e. The molecule has 2 aromatic rings. The summed E-state index contributed by atoms with van der Waals surface area (Å²) in [5.41, 5.74) is 1.31. The second-order valence-corrected chi connectivity index (χ2v) is 3.85. The predicted octanol–water partition coefficient (Wildman–Crippen LogP) is 2.24. The van der Waals surface area contributed by atoms with Crippen molar-refractivity contribution in [3.05, 3.63) is 41.7 Å². The largest absolute Gasteiger partial charge is 0.497 e. The molecule has 2 rings (SSSR count). The molecule has 1 heterocycles. The first-order chi connectivity index (χ1) is 9.10. The predicted molar refractivity (Wildman–Crippen MR) is 70.0 cm³/mol. The fraction of sp³-hybridized carbons (Fsp3) is 0.154. The lowest BCUT2D eigenvalue weighted by atomic mass is 10.2. The third kappa shape index (κ3) is 2.98. The topological polar surface area (TPSA) is 84.3 Å². The summed E-state index contributed by atoms with van der Waals surface area (Å²) in [6.45, 7) is 1.63. The molecule has 0 unspecified atom stereocenters. The fourth-order valence-corrected chi connectivity index (χ4v) is 1.54. The van der Waals surface area contributed by atoms with Crippen molar-refractivity contribution in [3.63, 3.8) is 0 Å². The number of carboxylic acid groups (broad SMARTS) is 1. The van der Waals surface area contributed by atoms with Crippen LogP contribution in [0.2, 0.25) is 0 Å².